The van der Waals surface area contributed by atoms with E-state index in [2.05, 4.69) is 10.9 Å². The third-order valence-corrected chi connectivity index (χ3v) is 3.11. The van der Waals surface area contributed by atoms with Gasteiger partial charge in [-0.05, 0) is 25.3 Å². The molecule has 1 amide bonds. The predicted molar refractivity (Wildman–Crippen MR) is 67.3 cm³/mol. The molecule has 7 heteroatoms. The standard InChI is InChI=1S/C12H15N3O4/c16-11-5-4-9(7-11)13-14-12(17)8-2-1-3-10(6-8)15(18)19/h1-3,6,9,11,13,16H,4-5,7H2,(H,14,17). The Kier molecular flexibility index (Phi) is 4.08. The molecule has 2 unspecified atom stereocenters. The molecular formula is C12H15N3O4. The number of nitrogens with zero attached hydrogens (tertiary/aromatic N) is 1. The van der Waals surface area contributed by atoms with E-state index in [0.717, 1.165) is 6.42 Å². The number of benzene rings is 1. The molecule has 1 saturated carbocycles. The second kappa shape index (κ2) is 5.77. The first kappa shape index (κ1) is 13.4. The molecule has 2 rings (SSSR count). The van der Waals surface area contributed by atoms with Crippen LogP contribution in [0.25, 0.3) is 0 Å². The molecule has 0 aliphatic heterocycles. The third kappa shape index (κ3) is 3.49. The number of carbonyl (C=O) groups is 1. The van der Waals surface area contributed by atoms with Crippen LogP contribution in [0, 0.1) is 10.1 Å². The number of amides is 1. The van der Waals surface area contributed by atoms with Crippen LogP contribution in [0.1, 0.15) is 29.6 Å². The first-order chi connectivity index (χ1) is 9.06. The van der Waals surface area contributed by atoms with Crippen molar-refractivity contribution < 1.29 is 14.8 Å². The molecule has 0 radical (unpaired) electrons. The second-order valence-electron chi connectivity index (χ2n) is 4.57. The topological polar surface area (TPSA) is 104 Å². The summed E-state index contributed by atoms with van der Waals surface area (Å²) >= 11 is 0. The first-order valence-corrected chi connectivity index (χ1v) is 6.04. The van der Waals surface area contributed by atoms with Gasteiger partial charge in [0.15, 0.2) is 0 Å². The van der Waals surface area contributed by atoms with Gasteiger partial charge in [-0.1, -0.05) is 6.07 Å². The Morgan fingerprint density at radius 3 is 2.84 bits per heavy atom. The Morgan fingerprint density at radius 2 is 2.21 bits per heavy atom. The van der Waals surface area contributed by atoms with Crippen molar-refractivity contribution in [2.75, 3.05) is 0 Å². The molecule has 2 atom stereocenters. The zero-order chi connectivity index (χ0) is 13.8. The summed E-state index contributed by atoms with van der Waals surface area (Å²) in [6.45, 7) is 0. The molecule has 0 bridgehead atoms. The maximum atomic E-state index is 11.8. The van der Waals surface area contributed by atoms with E-state index in [-0.39, 0.29) is 23.4 Å². The number of nitro benzene ring substituents is 1. The van der Waals surface area contributed by atoms with Gasteiger partial charge in [-0.3, -0.25) is 20.3 Å². The van der Waals surface area contributed by atoms with Gasteiger partial charge in [0.05, 0.1) is 11.0 Å². The van der Waals surface area contributed by atoms with E-state index >= 15 is 0 Å². The molecule has 0 saturated heterocycles. The van der Waals surface area contributed by atoms with Crippen LogP contribution < -0.4 is 10.9 Å². The highest BCUT2D eigenvalue weighted by atomic mass is 16.6. The van der Waals surface area contributed by atoms with Gasteiger partial charge >= 0.3 is 0 Å². The minimum atomic E-state index is -0.544. The van der Waals surface area contributed by atoms with Gasteiger partial charge in [0, 0.05) is 23.7 Å². The van der Waals surface area contributed by atoms with Crippen molar-refractivity contribution in [1.82, 2.24) is 10.9 Å². The average molecular weight is 265 g/mol. The van der Waals surface area contributed by atoms with Crippen molar-refractivity contribution in [1.29, 1.82) is 0 Å². The molecule has 3 N–H and O–H groups in total. The van der Waals surface area contributed by atoms with Crippen LogP contribution >= 0.6 is 0 Å². The molecule has 19 heavy (non-hydrogen) atoms. The predicted octanol–water partition coefficient (Wildman–Crippen LogP) is 0.743. The molecule has 0 spiro atoms. The van der Waals surface area contributed by atoms with Gasteiger partial charge in [-0.25, -0.2) is 5.43 Å². The van der Waals surface area contributed by atoms with Crippen LogP contribution in [0.3, 0.4) is 0 Å². The molecule has 1 aliphatic carbocycles. The number of aliphatic hydroxyl groups is 1. The maximum Gasteiger partial charge on any atom is 0.270 e. The molecule has 1 aliphatic rings. The monoisotopic (exact) mass is 265 g/mol. The number of hydrogen-bond donors (Lipinski definition) is 3. The number of rotatable bonds is 4. The van der Waals surface area contributed by atoms with Crippen LogP contribution in [0.15, 0.2) is 24.3 Å². The number of nitrogens with one attached hydrogen (secondary N) is 2. The second-order valence-corrected chi connectivity index (χ2v) is 4.57. The molecule has 1 fully saturated rings. The summed E-state index contributed by atoms with van der Waals surface area (Å²) in [5.41, 5.74) is 5.44. The third-order valence-electron chi connectivity index (χ3n) is 3.11. The smallest absolute Gasteiger partial charge is 0.270 e. The van der Waals surface area contributed by atoms with Crippen LogP contribution in [0.2, 0.25) is 0 Å². The van der Waals surface area contributed by atoms with Crippen molar-refractivity contribution in [3.63, 3.8) is 0 Å². The van der Waals surface area contributed by atoms with Crippen molar-refractivity contribution in [2.45, 2.75) is 31.4 Å². The summed E-state index contributed by atoms with van der Waals surface area (Å²) in [5.74, 6) is -0.426. The summed E-state index contributed by atoms with van der Waals surface area (Å²) in [6, 6.07) is 5.57. The molecule has 102 valence electrons. The quantitative estimate of drug-likeness (QED) is 0.550. The zero-order valence-electron chi connectivity index (χ0n) is 10.2. The highest BCUT2D eigenvalue weighted by Gasteiger charge is 2.23. The summed E-state index contributed by atoms with van der Waals surface area (Å²) in [5, 5.41) is 20.0. The average Bonchev–Trinajstić information content (AvgIpc) is 2.82. The fraction of sp³-hybridized carbons (Fsp3) is 0.417. The largest absolute Gasteiger partial charge is 0.393 e. The van der Waals surface area contributed by atoms with E-state index in [1.165, 1.54) is 24.3 Å². The van der Waals surface area contributed by atoms with Crippen molar-refractivity contribution in [2.24, 2.45) is 0 Å². The Morgan fingerprint density at radius 1 is 1.42 bits per heavy atom. The summed E-state index contributed by atoms with van der Waals surface area (Å²) in [4.78, 5) is 21.9. The Balaban J connectivity index is 1.92. The number of hydrogen-bond acceptors (Lipinski definition) is 5. The van der Waals surface area contributed by atoms with Crippen LogP contribution in [0.5, 0.6) is 0 Å². The summed E-state index contributed by atoms with van der Waals surface area (Å²) in [6.07, 6.45) is 1.77. The minimum absolute atomic E-state index is 0.0395. The molecule has 0 aromatic heterocycles. The van der Waals surface area contributed by atoms with E-state index in [4.69, 9.17) is 0 Å². The lowest BCUT2D eigenvalue weighted by Gasteiger charge is -2.13. The van der Waals surface area contributed by atoms with Gasteiger partial charge < -0.3 is 5.11 Å². The Labute approximate surface area is 109 Å². The molecule has 0 heterocycles. The van der Waals surface area contributed by atoms with Crippen LogP contribution in [-0.4, -0.2) is 28.1 Å². The van der Waals surface area contributed by atoms with Crippen LogP contribution in [0.4, 0.5) is 5.69 Å². The van der Waals surface area contributed by atoms with E-state index in [1.54, 1.807) is 0 Å². The van der Waals surface area contributed by atoms with Crippen LogP contribution in [-0.2, 0) is 0 Å². The zero-order valence-corrected chi connectivity index (χ0v) is 10.2. The van der Waals surface area contributed by atoms with Crippen molar-refractivity contribution >= 4 is 11.6 Å². The lowest BCUT2D eigenvalue weighted by Crippen LogP contribution is -2.43. The molecule has 1 aromatic rings. The lowest BCUT2D eigenvalue weighted by atomic mass is 10.2. The highest BCUT2D eigenvalue weighted by Crippen LogP contribution is 2.18. The van der Waals surface area contributed by atoms with E-state index < -0.39 is 10.8 Å². The fourth-order valence-electron chi connectivity index (χ4n) is 2.09. The van der Waals surface area contributed by atoms with Gasteiger partial charge in [-0.2, -0.15) is 0 Å². The maximum absolute atomic E-state index is 11.8. The van der Waals surface area contributed by atoms with Gasteiger partial charge in [0.2, 0.25) is 0 Å². The van der Waals surface area contributed by atoms with Crippen molar-refractivity contribution in [3.05, 3.63) is 39.9 Å². The Bertz CT molecular complexity index is 492. The summed E-state index contributed by atoms with van der Waals surface area (Å²) in [7, 11) is 0. The minimum Gasteiger partial charge on any atom is -0.393 e. The van der Waals surface area contributed by atoms with E-state index in [9.17, 15) is 20.0 Å². The SMILES string of the molecule is O=C(NNC1CCC(O)C1)c1cccc([N+](=O)[O-])c1. The van der Waals surface area contributed by atoms with Gasteiger partial charge in [0.1, 0.15) is 0 Å². The number of non-ortho nitro benzene ring substituents is 1. The van der Waals surface area contributed by atoms with E-state index in [0.29, 0.717) is 12.8 Å². The van der Waals surface area contributed by atoms with E-state index in [1.807, 2.05) is 0 Å². The first-order valence-electron chi connectivity index (χ1n) is 6.04. The van der Waals surface area contributed by atoms with Gasteiger partial charge in [-0.15, -0.1) is 0 Å². The summed E-state index contributed by atoms with van der Waals surface area (Å²) < 4.78 is 0. The van der Waals surface area contributed by atoms with Crippen molar-refractivity contribution in [3.8, 4) is 0 Å². The normalized spacial score (nSPS) is 22.2. The molecule has 1 aromatic carbocycles. The molecule has 7 nitrogen and oxygen atoms in total. The number of nitro groups is 1. The lowest BCUT2D eigenvalue weighted by molar-refractivity contribution is -0.384. The molecular weight excluding hydrogens is 250 g/mol. The fourth-order valence-corrected chi connectivity index (χ4v) is 2.09. The number of hydrazine groups is 1. The Hall–Kier alpha value is -1.99. The number of carbonyl (C=O) groups excluding carboxylic acids is 1. The van der Waals surface area contributed by atoms with Gasteiger partial charge in [0.25, 0.3) is 11.6 Å². The number of aliphatic hydroxyl groups excluding tert-OH is 1. The highest BCUT2D eigenvalue weighted by molar-refractivity contribution is 5.94.